The fourth-order valence-corrected chi connectivity index (χ4v) is 2.25. The highest BCUT2D eigenvalue weighted by atomic mass is 19.1. The summed E-state index contributed by atoms with van der Waals surface area (Å²) < 4.78 is 13.7. The number of benzene rings is 2. The van der Waals surface area contributed by atoms with E-state index in [2.05, 4.69) is 19.1 Å². The minimum Gasteiger partial charge on any atom is -0.321 e. The maximum atomic E-state index is 13.7. The number of aryl methyl sites for hydroxylation is 2. The summed E-state index contributed by atoms with van der Waals surface area (Å²) in [6, 6.07) is 13.4. The van der Waals surface area contributed by atoms with Gasteiger partial charge in [0.1, 0.15) is 5.82 Å². The Morgan fingerprint density at radius 2 is 1.74 bits per heavy atom. The van der Waals surface area contributed by atoms with Crippen molar-refractivity contribution in [2.45, 2.75) is 32.7 Å². The van der Waals surface area contributed by atoms with Crippen molar-refractivity contribution in [3.8, 4) is 0 Å². The molecular weight excluding hydrogens is 237 g/mol. The summed E-state index contributed by atoms with van der Waals surface area (Å²) in [7, 11) is 0. The maximum Gasteiger partial charge on any atom is 0.126 e. The molecule has 2 N–H and O–H groups in total. The predicted molar refractivity (Wildman–Crippen MR) is 77.6 cm³/mol. The smallest absolute Gasteiger partial charge is 0.126 e. The molecule has 0 amide bonds. The van der Waals surface area contributed by atoms with E-state index in [-0.39, 0.29) is 5.82 Å². The lowest BCUT2D eigenvalue weighted by Gasteiger charge is -2.26. The molecular formula is C17H20FN. The molecule has 2 aromatic carbocycles. The highest BCUT2D eigenvalue weighted by molar-refractivity contribution is 5.33. The zero-order valence-electron chi connectivity index (χ0n) is 11.7. The van der Waals surface area contributed by atoms with Crippen molar-refractivity contribution < 1.29 is 4.39 Å². The first-order chi connectivity index (χ1) is 8.90. The van der Waals surface area contributed by atoms with Crippen molar-refractivity contribution in [2.24, 2.45) is 5.73 Å². The van der Waals surface area contributed by atoms with Crippen LogP contribution < -0.4 is 5.73 Å². The van der Waals surface area contributed by atoms with Gasteiger partial charge in [0.2, 0.25) is 0 Å². The molecule has 1 atom stereocenters. The van der Waals surface area contributed by atoms with Gasteiger partial charge in [0.05, 0.1) is 0 Å². The van der Waals surface area contributed by atoms with E-state index in [1.807, 2.05) is 25.1 Å². The Labute approximate surface area is 114 Å². The summed E-state index contributed by atoms with van der Waals surface area (Å²) in [6.45, 7) is 5.78. The van der Waals surface area contributed by atoms with Crippen LogP contribution >= 0.6 is 0 Å². The summed E-state index contributed by atoms with van der Waals surface area (Å²) in [6.07, 6.45) is 0.697. The average molecular weight is 257 g/mol. The first kappa shape index (κ1) is 13.8. The van der Waals surface area contributed by atoms with Crippen LogP contribution in [0.5, 0.6) is 0 Å². The Morgan fingerprint density at radius 3 is 2.37 bits per heavy atom. The van der Waals surface area contributed by atoms with Gasteiger partial charge in [0, 0.05) is 5.54 Å². The van der Waals surface area contributed by atoms with Gasteiger partial charge in [0.25, 0.3) is 0 Å². The van der Waals surface area contributed by atoms with Gasteiger partial charge < -0.3 is 5.73 Å². The zero-order valence-corrected chi connectivity index (χ0v) is 11.7. The fourth-order valence-electron chi connectivity index (χ4n) is 2.25. The van der Waals surface area contributed by atoms with E-state index in [4.69, 9.17) is 5.73 Å². The van der Waals surface area contributed by atoms with Crippen LogP contribution in [0.15, 0.2) is 42.5 Å². The lowest BCUT2D eigenvalue weighted by Crippen LogP contribution is -2.35. The first-order valence-corrected chi connectivity index (χ1v) is 6.50. The third-order valence-corrected chi connectivity index (χ3v) is 3.65. The third-order valence-electron chi connectivity index (χ3n) is 3.65. The lowest BCUT2D eigenvalue weighted by molar-refractivity contribution is 0.484. The molecule has 19 heavy (non-hydrogen) atoms. The molecule has 0 spiro atoms. The second-order valence-electron chi connectivity index (χ2n) is 5.48. The Hall–Kier alpha value is -1.67. The molecule has 0 saturated heterocycles. The standard InChI is InChI=1S/C17H20FN/c1-12-6-4-5-7-14(12)11-17(3,19)15-9-8-13(2)16(18)10-15/h4-10H,11,19H2,1-3H3. The highest BCUT2D eigenvalue weighted by Crippen LogP contribution is 2.25. The van der Waals surface area contributed by atoms with Gasteiger partial charge in [-0.05, 0) is 55.5 Å². The van der Waals surface area contributed by atoms with Gasteiger partial charge in [-0.25, -0.2) is 4.39 Å². The van der Waals surface area contributed by atoms with Crippen molar-refractivity contribution in [3.63, 3.8) is 0 Å². The topological polar surface area (TPSA) is 26.0 Å². The molecule has 1 nitrogen and oxygen atoms in total. The number of rotatable bonds is 3. The van der Waals surface area contributed by atoms with Crippen molar-refractivity contribution in [3.05, 3.63) is 70.5 Å². The van der Waals surface area contributed by atoms with E-state index in [1.54, 1.807) is 19.1 Å². The Kier molecular flexibility index (Phi) is 3.72. The molecule has 100 valence electrons. The van der Waals surface area contributed by atoms with Crippen LogP contribution in [-0.4, -0.2) is 0 Å². The molecule has 0 aromatic heterocycles. The minimum atomic E-state index is -0.569. The monoisotopic (exact) mass is 257 g/mol. The molecule has 0 aliphatic heterocycles. The summed E-state index contributed by atoms with van der Waals surface area (Å²) in [5.41, 5.74) is 9.72. The molecule has 0 radical (unpaired) electrons. The predicted octanol–water partition coefficient (Wildman–Crippen LogP) is 3.86. The van der Waals surface area contributed by atoms with Crippen LogP contribution in [-0.2, 0) is 12.0 Å². The summed E-state index contributed by atoms with van der Waals surface area (Å²) in [4.78, 5) is 0. The summed E-state index contributed by atoms with van der Waals surface area (Å²) in [5, 5.41) is 0. The van der Waals surface area contributed by atoms with Crippen molar-refractivity contribution >= 4 is 0 Å². The van der Waals surface area contributed by atoms with E-state index in [0.29, 0.717) is 12.0 Å². The molecule has 0 heterocycles. The van der Waals surface area contributed by atoms with Crippen LogP contribution in [0.4, 0.5) is 4.39 Å². The second kappa shape index (κ2) is 5.14. The number of halogens is 1. The van der Waals surface area contributed by atoms with Crippen molar-refractivity contribution in [1.82, 2.24) is 0 Å². The van der Waals surface area contributed by atoms with Gasteiger partial charge in [-0.3, -0.25) is 0 Å². The molecule has 2 aromatic rings. The van der Waals surface area contributed by atoms with Gasteiger partial charge in [-0.1, -0.05) is 36.4 Å². The van der Waals surface area contributed by atoms with Crippen LogP contribution in [0.1, 0.15) is 29.2 Å². The van der Waals surface area contributed by atoms with Crippen molar-refractivity contribution in [2.75, 3.05) is 0 Å². The molecule has 2 rings (SSSR count). The first-order valence-electron chi connectivity index (χ1n) is 6.50. The lowest BCUT2D eigenvalue weighted by atomic mass is 9.85. The largest absolute Gasteiger partial charge is 0.321 e. The number of hydrogen-bond acceptors (Lipinski definition) is 1. The van der Waals surface area contributed by atoms with Crippen molar-refractivity contribution in [1.29, 1.82) is 0 Å². The fraction of sp³-hybridized carbons (Fsp3) is 0.294. The maximum absolute atomic E-state index is 13.7. The Balaban J connectivity index is 2.32. The average Bonchev–Trinajstić information content (AvgIpc) is 2.35. The van der Waals surface area contributed by atoms with Crippen LogP contribution in [0.2, 0.25) is 0 Å². The van der Waals surface area contributed by atoms with E-state index >= 15 is 0 Å². The Bertz CT molecular complexity index is 588. The highest BCUT2D eigenvalue weighted by Gasteiger charge is 2.23. The molecule has 0 bridgehead atoms. The normalized spacial score (nSPS) is 14.2. The van der Waals surface area contributed by atoms with E-state index in [0.717, 1.165) is 5.56 Å². The Morgan fingerprint density at radius 1 is 1.05 bits per heavy atom. The molecule has 0 aliphatic rings. The van der Waals surface area contributed by atoms with Gasteiger partial charge >= 0.3 is 0 Å². The summed E-state index contributed by atoms with van der Waals surface area (Å²) >= 11 is 0. The van der Waals surface area contributed by atoms with E-state index in [9.17, 15) is 4.39 Å². The van der Waals surface area contributed by atoms with Gasteiger partial charge in [-0.2, -0.15) is 0 Å². The second-order valence-corrected chi connectivity index (χ2v) is 5.48. The van der Waals surface area contributed by atoms with Crippen LogP contribution in [0.25, 0.3) is 0 Å². The molecule has 0 saturated carbocycles. The zero-order chi connectivity index (χ0) is 14.0. The van der Waals surface area contributed by atoms with Crippen LogP contribution in [0.3, 0.4) is 0 Å². The third kappa shape index (κ3) is 3.02. The molecule has 0 aliphatic carbocycles. The van der Waals surface area contributed by atoms with Crippen LogP contribution in [0, 0.1) is 19.7 Å². The number of nitrogens with two attached hydrogens (primary N) is 1. The van der Waals surface area contributed by atoms with Gasteiger partial charge in [0.15, 0.2) is 0 Å². The quantitative estimate of drug-likeness (QED) is 0.887. The van der Waals surface area contributed by atoms with Gasteiger partial charge in [-0.15, -0.1) is 0 Å². The minimum absolute atomic E-state index is 0.195. The molecule has 1 unspecified atom stereocenters. The van der Waals surface area contributed by atoms with E-state index in [1.165, 1.54) is 11.1 Å². The summed E-state index contributed by atoms with van der Waals surface area (Å²) in [5.74, 6) is -0.195. The molecule has 2 heteroatoms. The molecule has 0 fully saturated rings. The van der Waals surface area contributed by atoms with E-state index < -0.39 is 5.54 Å². The SMILES string of the molecule is Cc1ccc(C(C)(N)Cc2ccccc2C)cc1F. The number of hydrogen-bond donors (Lipinski definition) is 1.